The molecule has 4 aromatic rings. The lowest BCUT2D eigenvalue weighted by Gasteiger charge is -2.10. The molecular weight excluding hydrogens is 507 g/mol. The van der Waals surface area contributed by atoms with Crippen molar-refractivity contribution in [3.63, 3.8) is 0 Å². The number of thiophene rings is 1. The van der Waals surface area contributed by atoms with Gasteiger partial charge >= 0.3 is 6.18 Å². The second kappa shape index (κ2) is 10.3. The number of nitrogens with zero attached hydrogens (tertiary/aromatic N) is 1. The number of carbonyl (C=O) groups excluding carboxylic acids is 2. The van der Waals surface area contributed by atoms with Crippen molar-refractivity contribution in [2.45, 2.75) is 45.9 Å². The Morgan fingerprint density at radius 3 is 2.51 bits per heavy atom. The first-order valence-corrected chi connectivity index (χ1v) is 12.2. The van der Waals surface area contributed by atoms with Gasteiger partial charge in [0.05, 0.1) is 5.69 Å². The van der Waals surface area contributed by atoms with E-state index in [1.165, 1.54) is 18.6 Å². The van der Waals surface area contributed by atoms with Crippen LogP contribution in [0.3, 0.4) is 0 Å². The summed E-state index contributed by atoms with van der Waals surface area (Å²) in [5, 5.41) is 2.76. The number of carbonyl (C=O) groups is 2. The number of fused-ring (bicyclic) bond motifs is 1. The molecule has 0 aliphatic rings. The molecule has 3 heterocycles. The highest BCUT2D eigenvalue weighted by Gasteiger charge is 2.34. The molecule has 2 amide bonds. The number of aryl methyl sites for hydroxylation is 1. The van der Waals surface area contributed by atoms with Gasteiger partial charge in [0.15, 0.2) is 5.76 Å². The highest BCUT2D eigenvalue weighted by molar-refractivity contribution is 7.21. The predicted octanol–water partition coefficient (Wildman–Crippen LogP) is 6.66. The SMILES string of the molecule is CCC(C)c1ccc(OCc2ccc(C(=O)Nc3c(C(N)=O)sc4nc(C(F)(F)F)cc(C)c34)o2)cc1. The average molecular weight is 532 g/mol. The number of pyridine rings is 1. The van der Waals surface area contributed by atoms with Crippen molar-refractivity contribution in [1.82, 2.24) is 4.98 Å². The van der Waals surface area contributed by atoms with Crippen LogP contribution in [-0.2, 0) is 12.8 Å². The van der Waals surface area contributed by atoms with Crippen molar-refractivity contribution >= 4 is 39.1 Å². The van der Waals surface area contributed by atoms with Crippen LogP contribution in [0.2, 0.25) is 0 Å². The summed E-state index contributed by atoms with van der Waals surface area (Å²) in [5.41, 5.74) is 5.72. The predicted molar refractivity (Wildman–Crippen MR) is 134 cm³/mol. The normalized spacial score (nSPS) is 12.5. The molecule has 1 aromatic carbocycles. The zero-order valence-corrected chi connectivity index (χ0v) is 21.0. The van der Waals surface area contributed by atoms with Gasteiger partial charge in [-0.1, -0.05) is 26.0 Å². The van der Waals surface area contributed by atoms with Crippen LogP contribution in [0.4, 0.5) is 18.9 Å². The smallest absolute Gasteiger partial charge is 0.433 e. The van der Waals surface area contributed by atoms with Crippen LogP contribution >= 0.6 is 11.3 Å². The highest BCUT2D eigenvalue weighted by atomic mass is 32.1. The molecule has 4 rings (SSSR count). The van der Waals surface area contributed by atoms with Crippen LogP contribution in [0.5, 0.6) is 5.75 Å². The van der Waals surface area contributed by atoms with Gasteiger partial charge in [-0.3, -0.25) is 9.59 Å². The van der Waals surface area contributed by atoms with E-state index in [9.17, 15) is 22.8 Å². The molecule has 11 heteroatoms. The zero-order chi connectivity index (χ0) is 26.9. The monoisotopic (exact) mass is 531 g/mol. The summed E-state index contributed by atoms with van der Waals surface area (Å²) in [4.78, 5) is 28.3. The first-order chi connectivity index (χ1) is 17.5. The fourth-order valence-electron chi connectivity index (χ4n) is 3.76. The first kappa shape index (κ1) is 26.2. The lowest BCUT2D eigenvalue weighted by molar-refractivity contribution is -0.141. The maximum Gasteiger partial charge on any atom is 0.433 e. The molecule has 0 fully saturated rings. The number of benzene rings is 1. The maximum absolute atomic E-state index is 13.2. The van der Waals surface area contributed by atoms with Gasteiger partial charge in [-0.25, -0.2) is 4.98 Å². The van der Waals surface area contributed by atoms with Crippen molar-refractivity contribution in [3.8, 4) is 5.75 Å². The number of ether oxygens (including phenoxy) is 1. The summed E-state index contributed by atoms with van der Waals surface area (Å²) in [6, 6.07) is 11.6. The fourth-order valence-corrected chi connectivity index (χ4v) is 4.81. The Morgan fingerprint density at radius 1 is 1.19 bits per heavy atom. The van der Waals surface area contributed by atoms with E-state index >= 15 is 0 Å². The number of hydrogen-bond acceptors (Lipinski definition) is 6. The molecule has 0 saturated heterocycles. The van der Waals surface area contributed by atoms with Crippen molar-refractivity contribution < 1.29 is 31.9 Å². The van der Waals surface area contributed by atoms with Crippen LogP contribution in [-0.4, -0.2) is 16.8 Å². The topological polar surface area (TPSA) is 107 Å². The number of anilines is 1. The van der Waals surface area contributed by atoms with Crippen LogP contribution in [0.15, 0.2) is 46.9 Å². The largest absolute Gasteiger partial charge is 0.486 e. The van der Waals surface area contributed by atoms with Gasteiger partial charge in [0.1, 0.15) is 33.5 Å². The zero-order valence-electron chi connectivity index (χ0n) is 20.2. The van der Waals surface area contributed by atoms with Crippen molar-refractivity contribution in [2.24, 2.45) is 5.73 Å². The number of alkyl halides is 3. The van der Waals surface area contributed by atoms with E-state index in [4.69, 9.17) is 14.9 Å². The summed E-state index contributed by atoms with van der Waals surface area (Å²) in [6.45, 7) is 5.78. The number of hydrogen-bond donors (Lipinski definition) is 2. The molecular formula is C26H24F3N3O4S. The second-order valence-electron chi connectivity index (χ2n) is 8.56. The Hall–Kier alpha value is -3.86. The summed E-state index contributed by atoms with van der Waals surface area (Å²) >= 11 is 0.678. The van der Waals surface area contributed by atoms with E-state index in [-0.39, 0.29) is 38.7 Å². The number of primary amides is 1. The Bertz CT molecular complexity index is 1460. The second-order valence-corrected chi connectivity index (χ2v) is 9.56. The van der Waals surface area contributed by atoms with E-state index in [0.717, 1.165) is 12.5 Å². The lowest BCUT2D eigenvalue weighted by Crippen LogP contribution is -2.16. The van der Waals surface area contributed by atoms with Crippen LogP contribution in [0.1, 0.15) is 69.0 Å². The van der Waals surface area contributed by atoms with Gasteiger partial charge in [0, 0.05) is 5.39 Å². The maximum atomic E-state index is 13.2. The average Bonchev–Trinajstić information content (AvgIpc) is 3.47. The third-order valence-corrected chi connectivity index (χ3v) is 7.04. The van der Waals surface area contributed by atoms with Crippen molar-refractivity contribution in [2.75, 3.05) is 5.32 Å². The molecule has 7 nitrogen and oxygen atoms in total. The molecule has 37 heavy (non-hydrogen) atoms. The number of amides is 2. The number of halogens is 3. The quantitative estimate of drug-likeness (QED) is 0.264. The van der Waals surface area contributed by atoms with E-state index in [0.29, 0.717) is 28.8 Å². The van der Waals surface area contributed by atoms with Crippen LogP contribution in [0, 0.1) is 6.92 Å². The van der Waals surface area contributed by atoms with Gasteiger partial charge in [-0.2, -0.15) is 13.2 Å². The van der Waals surface area contributed by atoms with Crippen molar-refractivity contribution in [1.29, 1.82) is 0 Å². The van der Waals surface area contributed by atoms with E-state index in [1.54, 1.807) is 6.07 Å². The minimum atomic E-state index is -4.66. The molecule has 3 N–H and O–H groups in total. The van der Waals surface area contributed by atoms with Gasteiger partial charge < -0.3 is 20.2 Å². The summed E-state index contributed by atoms with van der Waals surface area (Å²) in [5.74, 6) is -0.203. The minimum Gasteiger partial charge on any atom is -0.486 e. The molecule has 0 spiro atoms. The highest BCUT2D eigenvalue weighted by Crippen LogP contribution is 2.40. The van der Waals surface area contributed by atoms with Crippen molar-refractivity contribution in [3.05, 3.63) is 75.7 Å². The molecule has 1 atom stereocenters. The molecule has 0 radical (unpaired) electrons. The summed E-state index contributed by atoms with van der Waals surface area (Å²) in [6.07, 6.45) is -3.63. The first-order valence-electron chi connectivity index (χ1n) is 11.4. The Labute approximate surface area is 214 Å². The Balaban J connectivity index is 1.52. The molecule has 0 saturated carbocycles. The van der Waals surface area contributed by atoms with Gasteiger partial charge in [-0.05, 0) is 60.7 Å². The fraction of sp³-hybridized carbons (Fsp3) is 0.269. The molecule has 194 valence electrons. The summed E-state index contributed by atoms with van der Waals surface area (Å²) < 4.78 is 50.9. The number of aromatic nitrogens is 1. The van der Waals surface area contributed by atoms with E-state index < -0.39 is 23.7 Å². The van der Waals surface area contributed by atoms with Gasteiger partial charge in [-0.15, -0.1) is 11.3 Å². The number of nitrogens with two attached hydrogens (primary N) is 1. The van der Waals surface area contributed by atoms with Gasteiger partial charge in [0.2, 0.25) is 0 Å². The molecule has 1 unspecified atom stereocenters. The Kier molecular flexibility index (Phi) is 7.26. The van der Waals surface area contributed by atoms with Crippen LogP contribution in [0.25, 0.3) is 10.2 Å². The Morgan fingerprint density at radius 2 is 1.89 bits per heavy atom. The number of nitrogens with one attached hydrogen (secondary N) is 1. The molecule has 0 bridgehead atoms. The molecule has 0 aliphatic heterocycles. The molecule has 3 aromatic heterocycles. The molecule has 0 aliphatic carbocycles. The standard InChI is InChI=1S/C26H24F3N3O4S/c1-4-13(2)15-5-7-16(8-6-15)35-12-17-9-10-18(36-17)24(34)32-21-20-14(3)11-19(26(27,28)29)31-25(20)37-22(21)23(30)33/h5-11,13H,4,12H2,1-3H3,(H2,30,33)(H,32,34). The van der Waals surface area contributed by atoms with Crippen LogP contribution < -0.4 is 15.8 Å². The summed E-state index contributed by atoms with van der Waals surface area (Å²) in [7, 11) is 0. The van der Waals surface area contributed by atoms with E-state index in [2.05, 4.69) is 24.1 Å². The van der Waals surface area contributed by atoms with E-state index in [1.807, 2.05) is 24.3 Å². The third kappa shape index (κ3) is 5.61. The lowest BCUT2D eigenvalue weighted by atomic mass is 9.99. The number of furan rings is 1. The number of rotatable bonds is 8. The van der Waals surface area contributed by atoms with Gasteiger partial charge in [0.25, 0.3) is 11.8 Å². The minimum absolute atomic E-state index is 0.00757. The third-order valence-electron chi connectivity index (χ3n) is 5.94.